The van der Waals surface area contributed by atoms with Gasteiger partial charge in [0.25, 0.3) is 0 Å². The fraction of sp³-hybridized carbons (Fsp3) is 0.250. The van der Waals surface area contributed by atoms with Gasteiger partial charge in [-0.2, -0.15) is 0 Å². The van der Waals surface area contributed by atoms with Gasteiger partial charge >= 0.3 is 0 Å². The molecule has 0 aliphatic rings. The predicted octanol–water partition coefficient (Wildman–Crippen LogP) is 4.15. The third-order valence-electron chi connectivity index (χ3n) is 2.75. The zero-order valence-corrected chi connectivity index (χ0v) is 11.0. The largest absolute Gasteiger partial charge is 0.508 e. The summed E-state index contributed by atoms with van der Waals surface area (Å²) in [7, 11) is 0. The van der Waals surface area contributed by atoms with Gasteiger partial charge in [0.1, 0.15) is 11.5 Å². The molecule has 0 aliphatic heterocycles. The zero-order chi connectivity index (χ0) is 13.1. The van der Waals surface area contributed by atoms with Crippen LogP contribution in [0.1, 0.15) is 19.4 Å². The van der Waals surface area contributed by atoms with Gasteiger partial charge in [-0.15, -0.1) is 0 Å². The second-order valence-corrected chi connectivity index (χ2v) is 4.66. The standard InChI is InChI=1S/C16H18O2/c1-11(2)18-16-7-5-4-6-15(16)14-9-8-13(17)10-12(14)3/h4-11,17H,1-3H3. The molecule has 2 aromatic rings. The fourth-order valence-electron chi connectivity index (χ4n) is 2.00. The number of aromatic hydroxyl groups is 1. The van der Waals surface area contributed by atoms with Gasteiger partial charge in [0, 0.05) is 5.56 Å². The van der Waals surface area contributed by atoms with E-state index in [0.717, 1.165) is 22.4 Å². The summed E-state index contributed by atoms with van der Waals surface area (Å²) in [5, 5.41) is 9.47. The van der Waals surface area contributed by atoms with Gasteiger partial charge in [-0.1, -0.05) is 24.3 Å². The van der Waals surface area contributed by atoms with E-state index in [4.69, 9.17) is 4.74 Å². The minimum absolute atomic E-state index is 0.142. The lowest BCUT2D eigenvalue weighted by atomic mass is 9.99. The number of aryl methyl sites for hydroxylation is 1. The summed E-state index contributed by atoms with van der Waals surface area (Å²) in [6.45, 7) is 6.02. The van der Waals surface area contributed by atoms with Crippen LogP contribution in [0.4, 0.5) is 0 Å². The smallest absolute Gasteiger partial charge is 0.127 e. The van der Waals surface area contributed by atoms with E-state index in [2.05, 4.69) is 0 Å². The lowest BCUT2D eigenvalue weighted by molar-refractivity contribution is 0.243. The molecule has 0 fully saturated rings. The second-order valence-electron chi connectivity index (χ2n) is 4.66. The summed E-state index contributed by atoms with van der Waals surface area (Å²) in [5.41, 5.74) is 3.18. The average molecular weight is 242 g/mol. The molecule has 2 rings (SSSR count). The van der Waals surface area contributed by atoms with Crippen molar-refractivity contribution in [3.63, 3.8) is 0 Å². The quantitative estimate of drug-likeness (QED) is 0.876. The van der Waals surface area contributed by atoms with E-state index in [1.165, 1.54) is 0 Å². The van der Waals surface area contributed by atoms with Crippen molar-refractivity contribution in [3.8, 4) is 22.6 Å². The van der Waals surface area contributed by atoms with Crippen LogP contribution in [0.2, 0.25) is 0 Å². The maximum atomic E-state index is 9.47. The Morgan fingerprint density at radius 2 is 1.72 bits per heavy atom. The third-order valence-corrected chi connectivity index (χ3v) is 2.75. The molecule has 0 spiro atoms. The Labute approximate surface area is 108 Å². The molecule has 0 heterocycles. The maximum Gasteiger partial charge on any atom is 0.127 e. The number of benzene rings is 2. The number of phenolic OH excluding ortho intramolecular Hbond substituents is 1. The highest BCUT2D eigenvalue weighted by Gasteiger charge is 2.09. The van der Waals surface area contributed by atoms with Crippen LogP contribution in [0.25, 0.3) is 11.1 Å². The van der Waals surface area contributed by atoms with Crippen LogP contribution < -0.4 is 4.74 Å². The summed E-state index contributed by atoms with van der Waals surface area (Å²) < 4.78 is 5.82. The summed E-state index contributed by atoms with van der Waals surface area (Å²) in [5.74, 6) is 1.17. The van der Waals surface area contributed by atoms with Gasteiger partial charge in [0.15, 0.2) is 0 Å². The first-order chi connectivity index (χ1) is 8.58. The number of rotatable bonds is 3. The first-order valence-electron chi connectivity index (χ1n) is 6.13. The van der Waals surface area contributed by atoms with Gasteiger partial charge in [-0.05, 0) is 50.1 Å². The number of hydrogen-bond acceptors (Lipinski definition) is 2. The molecule has 0 bridgehead atoms. The van der Waals surface area contributed by atoms with E-state index in [1.54, 1.807) is 12.1 Å². The minimum atomic E-state index is 0.142. The molecule has 0 saturated carbocycles. The fourth-order valence-corrected chi connectivity index (χ4v) is 2.00. The van der Waals surface area contributed by atoms with E-state index in [0.29, 0.717) is 5.75 Å². The summed E-state index contributed by atoms with van der Waals surface area (Å²) in [6.07, 6.45) is 0.142. The molecule has 94 valence electrons. The number of phenols is 1. The molecule has 0 saturated heterocycles. The van der Waals surface area contributed by atoms with Gasteiger partial charge in [-0.3, -0.25) is 0 Å². The summed E-state index contributed by atoms with van der Waals surface area (Å²) in [4.78, 5) is 0. The normalized spacial score (nSPS) is 10.7. The SMILES string of the molecule is Cc1cc(O)ccc1-c1ccccc1OC(C)C. The second kappa shape index (κ2) is 5.13. The average Bonchev–Trinajstić information content (AvgIpc) is 2.30. The Morgan fingerprint density at radius 1 is 1.00 bits per heavy atom. The molecule has 1 N–H and O–H groups in total. The number of ether oxygens (including phenoxy) is 1. The first kappa shape index (κ1) is 12.5. The Bertz CT molecular complexity index is 545. The van der Waals surface area contributed by atoms with Gasteiger partial charge in [0.2, 0.25) is 0 Å². The van der Waals surface area contributed by atoms with Gasteiger partial charge < -0.3 is 9.84 Å². The predicted molar refractivity (Wildman–Crippen MR) is 74.0 cm³/mol. The van der Waals surface area contributed by atoms with Crippen molar-refractivity contribution in [2.75, 3.05) is 0 Å². The van der Waals surface area contributed by atoms with E-state index in [9.17, 15) is 5.11 Å². The number of para-hydroxylation sites is 1. The molecule has 18 heavy (non-hydrogen) atoms. The lowest BCUT2D eigenvalue weighted by Crippen LogP contribution is -2.06. The van der Waals surface area contributed by atoms with Crippen molar-refractivity contribution < 1.29 is 9.84 Å². The minimum Gasteiger partial charge on any atom is -0.508 e. The first-order valence-corrected chi connectivity index (χ1v) is 6.13. The van der Waals surface area contributed by atoms with Crippen LogP contribution in [0.15, 0.2) is 42.5 Å². The van der Waals surface area contributed by atoms with Crippen LogP contribution in [-0.4, -0.2) is 11.2 Å². The topological polar surface area (TPSA) is 29.5 Å². The highest BCUT2D eigenvalue weighted by molar-refractivity contribution is 5.73. The molecule has 0 radical (unpaired) electrons. The van der Waals surface area contributed by atoms with E-state index < -0.39 is 0 Å². The Hall–Kier alpha value is -1.96. The van der Waals surface area contributed by atoms with Crippen LogP contribution in [0, 0.1) is 6.92 Å². The molecule has 0 aromatic heterocycles. The monoisotopic (exact) mass is 242 g/mol. The molecule has 0 aliphatic carbocycles. The lowest BCUT2D eigenvalue weighted by Gasteiger charge is -2.15. The van der Waals surface area contributed by atoms with Crippen molar-refractivity contribution in [1.29, 1.82) is 0 Å². The van der Waals surface area contributed by atoms with E-state index in [1.807, 2.05) is 51.1 Å². The zero-order valence-electron chi connectivity index (χ0n) is 11.0. The van der Waals surface area contributed by atoms with Crippen molar-refractivity contribution in [3.05, 3.63) is 48.0 Å². The molecule has 0 unspecified atom stereocenters. The van der Waals surface area contributed by atoms with Crippen LogP contribution in [0.5, 0.6) is 11.5 Å². The summed E-state index contributed by atoms with van der Waals surface area (Å²) >= 11 is 0. The number of hydrogen-bond donors (Lipinski definition) is 1. The Kier molecular flexibility index (Phi) is 3.56. The van der Waals surface area contributed by atoms with Crippen molar-refractivity contribution in [2.45, 2.75) is 26.9 Å². The third kappa shape index (κ3) is 2.65. The van der Waals surface area contributed by atoms with Crippen molar-refractivity contribution >= 4 is 0 Å². The molecular weight excluding hydrogens is 224 g/mol. The van der Waals surface area contributed by atoms with Crippen molar-refractivity contribution in [1.82, 2.24) is 0 Å². The van der Waals surface area contributed by atoms with Crippen LogP contribution in [-0.2, 0) is 0 Å². The molecule has 2 heteroatoms. The Balaban J connectivity index is 2.49. The molecular formula is C16H18O2. The van der Waals surface area contributed by atoms with E-state index in [-0.39, 0.29) is 6.10 Å². The highest BCUT2D eigenvalue weighted by Crippen LogP contribution is 2.33. The molecule has 2 nitrogen and oxygen atoms in total. The van der Waals surface area contributed by atoms with E-state index >= 15 is 0 Å². The van der Waals surface area contributed by atoms with Crippen LogP contribution >= 0.6 is 0 Å². The van der Waals surface area contributed by atoms with Gasteiger partial charge in [-0.25, -0.2) is 0 Å². The molecule has 0 atom stereocenters. The van der Waals surface area contributed by atoms with Gasteiger partial charge in [0.05, 0.1) is 6.10 Å². The highest BCUT2D eigenvalue weighted by atomic mass is 16.5. The Morgan fingerprint density at radius 3 is 2.39 bits per heavy atom. The maximum absolute atomic E-state index is 9.47. The molecule has 2 aromatic carbocycles. The molecule has 0 amide bonds. The van der Waals surface area contributed by atoms with Crippen LogP contribution in [0.3, 0.4) is 0 Å². The summed E-state index contributed by atoms with van der Waals surface area (Å²) in [6, 6.07) is 13.4. The van der Waals surface area contributed by atoms with Crippen molar-refractivity contribution in [2.24, 2.45) is 0 Å².